The van der Waals surface area contributed by atoms with Crippen molar-refractivity contribution in [1.82, 2.24) is 20.4 Å². The van der Waals surface area contributed by atoms with E-state index in [1.807, 2.05) is 0 Å². The number of hydrazone groups is 1. The minimum absolute atomic E-state index is 0.00591. The van der Waals surface area contributed by atoms with E-state index >= 15 is 0 Å². The first kappa shape index (κ1) is 35.0. The number of morpholine rings is 1. The highest BCUT2D eigenvalue weighted by Gasteiger charge is 2.19. The molecule has 0 bridgehead atoms. The first-order chi connectivity index (χ1) is 22.5. The number of carbonyl (C=O) groups is 2. The maximum absolute atomic E-state index is 12.8. The lowest BCUT2D eigenvalue weighted by atomic mass is 10.1. The third-order valence-electron chi connectivity index (χ3n) is 7.23. The van der Waals surface area contributed by atoms with Gasteiger partial charge in [0.15, 0.2) is 0 Å². The first-order valence-corrected chi connectivity index (χ1v) is 18.3. The van der Waals surface area contributed by atoms with Crippen molar-refractivity contribution in [3.05, 3.63) is 90.9 Å². The molecule has 1 aliphatic heterocycles. The summed E-state index contributed by atoms with van der Waals surface area (Å²) in [6.07, 6.45) is 0. The number of aromatic hydroxyl groups is 1. The molecule has 11 nitrogen and oxygen atoms in total. The van der Waals surface area contributed by atoms with Crippen molar-refractivity contribution >= 4 is 73.4 Å². The predicted molar refractivity (Wildman–Crippen MR) is 185 cm³/mol. The second-order valence-electron chi connectivity index (χ2n) is 10.4. The van der Waals surface area contributed by atoms with Gasteiger partial charge in [0.2, 0.25) is 10.0 Å². The van der Waals surface area contributed by atoms with Gasteiger partial charge in [0.05, 0.1) is 54.1 Å². The third-order valence-corrected chi connectivity index (χ3v) is 11.5. The maximum Gasteiger partial charge on any atom is 0.281 e. The molecule has 4 N–H and O–H groups in total. The van der Waals surface area contributed by atoms with Gasteiger partial charge in [0.25, 0.3) is 11.8 Å². The van der Waals surface area contributed by atoms with E-state index in [0.717, 1.165) is 24.4 Å². The van der Waals surface area contributed by atoms with Gasteiger partial charge in [0.1, 0.15) is 5.75 Å². The van der Waals surface area contributed by atoms with E-state index in [1.54, 1.807) is 42.6 Å². The van der Waals surface area contributed by atoms with Crippen LogP contribution in [0, 0.1) is 0 Å². The second kappa shape index (κ2) is 15.7. The molecule has 2 aromatic carbocycles. The highest BCUT2D eigenvalue weighted by molar-refractivity contribution is 7.89. The number of nitrogens with one attached hydrogen (secondary N) is 3. The van der Waals surface area contributed by atoms with Crippen LogP contribution < -0.4 is 15.5 Å². The highest BCUT2D eigenvalue weighted by Crippen LogP contribution is 2.40. The van der Waals surface area contributed by atoms with Crippen LogP contribution in [0.15, 0.2) is 70.0 Å². The number of amides is 2. The number of carbonyl (C=O) groups excluding carboxylic acids is 2. The zero-order valence-corrected chi connectivity index (χ0v) is 29.0. The molecule has 16 heteroatoms. The Kier molecular flexibility index (Phi) is 11.7. The van der Waals surface area contributed by atoms with Gasteiger partial charge >= 0.3 is 0 Å². The fourth-order valence-electron chi connectivity index (χ4n) is 4.58. The summed E-state index contributed by atoms with van der Waals surface area (Å²) in [6.45, 7) is 5.58. The summed E-state index contributed by atoms with van der Waals surface area (Å²) in [6, 6.07) is 14.4. The molecule has 2 aromatic heterocycles. The topological polar surface area (TPSA) is 149 Å². The number of benzene rings is 2. The molecule has 0 radical (unpaired) electrons. The molecule has 3 heterocycles. The molecule has 0 unspecified atom stereocenters. The molecule has 2 amide bonds. The average Bonchev–Trinajstić information content (AvgIpc) is 3.72. The summed E-state index contributed by atoms with van der Waals surface area (Å²) in [5.41, 5.74) is 4.71. The van der Waals surface area contributed by atoms with Gasteiger partial charge in [-0.2, -0.15) is 5.10 Å². The Hall–Kier alpha value is -3.34. The van der Waals surface area contributed by atoms with Gasteiger partial charge in [-0.3, -0.25) is 14.5 Å². The molecule has 4 aromatic rings. The second-order valence-corrected chi connectivity index (χ2v) is 15.0. The zero-order chi connectivity index (χ0) is 33.6. The molecule has 1 saturated heterocycles. The van der Waals surface area contributed by atoms with Crippen LogP contribution in [0.1, 0.15) is 37.4 Å². The summed E-state index contributed by atoms with van der Waals surface area (Å²) in [5.74, 6) is -0.886. The Morgan fingerprint density at radius 2 is 1.70 bits per heavy atom. The van der Waals surface area contributed by atoms with Crippen molar-refractivity contribution < 1.29 is 27.9 Å². The number of rotatable bonds is 12. The van der Waals surface area contributed by atoms with Crippen LogP contribution in [0.25, 0.3) is 10.4 Å². The fraction of sp³-hybridized carbons (Fsp3) is 0.258. The minimum atomic E-state index is -3.66. The van der Waals surface area contributed by atoms with Crippen LogP contribution >= 0.6 is 45.9 Å². The fourth-order valence-corrected chi connectivity index (χ4v) is 7.72. The van der Waals surface area contributed by atoms with E-state index in [4.69, 9.17) is 27.9 Å². The van der Waals surface area contributed by atoms with Gasteiger partial charge in [-0.1, -0.05) is 41.4 Å². The van der Waals surface area contributed by atoms with Crippen molar-refractivity contribution in [3.63, 3.8) is 0 Å². The van der Waals surface area contributed by atoms with Gasteiger partial charge in [-0.15, -0.1) is 22.7 Å². The monoisotopic (exact) mass is 735 g/mol. The van der Waals surface area contributed by atoms with Gasteiger partial charge in [-0.25, -0.2) is 18.6 Å². The predicted octanol–water partition coefficient (Wildman–Crippen LogP) is 5.18. The molecule has 0 saturated carbocycles. The van der Waals surface area contributed by atoms with Crippen molar-refractivity contribution in [2.24, 2.45) is 5.10 Å². The zero-order valence-electron chi connectivity index (χ0n) is 25.1. The molecular formula is C31H31Cl2N5O6S3. The van der Waals surface area contributed by atoms with E-state index in [9.17, 15) is 23.1 Å². The van der Waals surface area contributed by atoms with E-state index < -0.39 is 15.9 Å². The van der Waals surface area contributed by atoms with Crippen LogP contribution in [0.3, 0.4) is 0 Å². The van der Waals surface area contributed by atoms with E-state index in [1.165, 1.54) is 35.6 Å². The first-order valence-electron chi connectivity index (χ1n) is 14.4. The molecule has 5 rings (SSSR count). The number of thiophene rings is 2. The Labute approximate surface area is 290 Å². The average molecular weight is 737 g/mol. The summed E-state index contributed by atoms with van der Waals surface area (Å²) in [4.78, 5) is 29.0. The van der Waals surface area contributed by atoms with Crippen molar-refractivity contribution in [2.45, 2.75) is 18.4 Å². The Morgan fingerprint density at radius 3 is 2.40 bits per heavy atom. The number of sulfonamides is 1. The van der Waals surface area contributed by atoms with E-state index in [-0.39, 0.29) is 28.0 Å². The number of hydrogen-bond donors (Lipinski definition) is 4. The van der Waals surface area contributed by atoms with E-state index in [0.29, 0.717) is 68.5 Å². The van der Waals surface area contributed by atoms with Crippen LogP contribution in [-0.2, 0) is 21.3 Å². The normalized spacial score (nSPS) is 14.2. The largest absolute Gasteiger partial charge is 0.506 e. The number of hydrogen-bond acceptors (Lipinski definition) is 10. The summed E-state index contributed by atoms with van der Waals surface area (Å²) in [7, 11) is -3.66. The SMILES string of the molecule is C/C(=N\NC(=O)c1ccc(C(=O)NCc2ccc(S(=O)(=O)NCCN3CCOCC3)cc2)s1)c1csc(-c2ccc(Cl)c(Cl)c2)c1O. The van der Waals surface area contributed by atoms with Gasteiger partial charge < -0.3 is 15.2 Å². The van der Waals surface area contributed by atoms with Crippen molar-refractivity contribution in [3.8, 4) is 16.2 Å². The lowest BCUT2D eigenvalue weighted by Crippen LogP contribution is -2.41. The van der Waals surface area contributed by atoms with Crippen LogP contribution in [0.4, 0.5) is 0 Å². The number of ether oxygens (including phenoxy) is 1. The van der Waals surface area contributed by atoms with Gasteiger partial charge in [0, 0.05) is 38.1 Å². The Morgan fingerprint density at radius 1 is 1.00 bits per heavy atom. The van der Waals surface area contributed by atoms with Crippen molar-refractivity contribution in [1.29, 1.82) is 0 Å². The molecule has 47 heavy (non-hydrogen) atoms. The summed E-state index contributed by atoms with van der Waals surface area (Å²) in [5, 5.41) is 20.2. The van der Waals surface area contributed by atoms with Crippen molar-refractivity contribution in [2.75, 3.05) is 39.4 Å². The molecular weight excluding hydrogens is 705 g/mol. The lowest BCUT2D eigenvalue weighted by Gasteiger charge is -2.26. The smallest absolute Gasteiger partial charge is 0.281 e. The van der Waals surface area contributed by atoms with Crippen LogP contribution in [0.2, 0.25) is 10.0 Å². The minimum Gasteiger partial charge on any atom is -0.506 e. The molecule has 0 aliphatic carbocycles. The summed E-state index contributed by atoms with van der Waals surface area (Å²) < 4.78 is 33.2. The number of halogens is 2. The molecule has 0 atom stereocenters. The highest BCUT2D eigenvalue weighted by atomic mass is 35.5. The standard InChI is InChI=1S/C31H31Cl2N5O6S3/c1-19(23-18-45-29(28(23)39)21-4-7-24(32)25(33)16-21)36-37-31(41)27-9-8-26(46-27)30(40)34-17-20-2-5-22(6-3-20)47(42,43)35-10-11-38-12-14-44-15-13-38/h2-9,16,18,35,39H,10-15,17H2,1H3,(H,34,40)(H,37,41)/b36-19+. The summed E-state index contributed by atoms with van der Waals surface area (Å²) >= 11 is 14.4. The van der Waals surface area contributed by atoms with Crippen LogP contribution in [0.5, 0.6) is 5.75 Å². The molecule has 0 spiro atoms. The lowest BCUT2D eigenvalue weighted by molar-refractivity contribution is 0.0390. The third kappa shape index (κ3) is 8.97. The molecule has 1 fully saturated rings. The Bertz CT molecular complexity index is 1890. The quantitative estimate of drug-likeness (QED) is 0.116. The van der Waals surface area contributed by atoms with Crippen LogP contribution in [-0.4, -0.2) is 75.3 Å². The Balaban J connectivity index is 1.11. The van der Waals surface area contributed by atoms with Gasteiger partial charge in [-0.05, 0) is 54.4 Å². The maximum atomic E-state index is 12.8. The van der Waals surface area contributed by atoms with E-state index in [2.05, 4.69) is 25.5 Å². The number of nitrogens with zero attached hydrogens (tertiary/aromatic N) is 2. The molecule has 1 aliphatic rings. The molecule has 248 valence electrons.